The van der Waals surface area contributed by atoms with Crippen LogP contribution in [0.4, 0.5) is 16.3 Å². The Kier molecular flexibility index (Phi) is 19.6. The molecule has 24 heteroatoms. The molecule has 0 fully saturated rings. The number of benzene rings is 4. The minimum atomic E-state index is -1.37. The highest BCUT2D eigenvalue weighted by molar-refractivity contribution is 8.76. The van der Waals surface area contributed by atoms with E-state index in [4.69, 9.17) is 56.1 Å². The minimum absolute atomic E-state index is 0.0333. The van der Waals surface area contributed by atoms with E-state index in [1.807, 2.05) is 38.1 Å². The molecule has 2 aliphatic heterocycles. The van der Waals surface area contributed by atoms with E-state index >= 15 is 0 Å². The Labute approximate surface area is 468 Å². The normalized spacial score (nSPS) is 13.5. The molecule has 79 heavy (non-hydrogen) atoms. The number of fused-ring (bicyclic) bond motifs is 9. The van der Waals surface area contributed by atoms with Crippen LogP contribution in [-0.2, 0) is 56.6 Å². The maximum Gasteiger partial charge on any atom is 0.508 e. The number of thiocarbonyl (C=S) groups is 1. The molecule has 0 unspecified atom stereocenters. The van der Waals surface area contributed by atoms with Crippen molar-refractivity contribution in [3.63, 3.8) is 0 Å². The van der Waals surface area contributed by atoms with Gasteiger partial charge in [0, 0.05) is 82.7 Å². The number of nitrogens with one attached hydrogen (secondary N) is 3. The van der Waals surface area contributed by atoms with Crippen molar-refractivity contribution in [2.24, 2.45) is 5.41 Å². The molecule has 2 aromatic heterocycles. The third kappa shape index (κ3) is 14.4. The molecule has 8 N–H and O–H groups in total. The van der Waals surface area contributed by atoms with Gasteiger partial charge in [0.05, 0.1) is 56.2 Å². The van der Waals surface area contributed by atoms with Crippen LogP contribution in [0.2, 0.25) is 0 Å². The van der Waals surface area contributed by atoms with Crippen LogP contribution in [0.25, 0.3) is 21.9 Å². The number of carboxylic acid groups (broad SMARTS) is 1. The van der Waals surface area contributed by atoms with Crippen molar-refractivity contribution < 1.29 is 67.7 Å². The molecule has 4 heterocycles. The number of anilines is 2. The average Bonchev–Trinajstić information content (AvgIpc) is 2.95. The van der Waals surface area contributed by atoms with Gasteiger partial charge in [-0.1, -0.05) is 73.0 Å². The van der Waals surface area contributed by atoms with E-state index in [0.717, 1.165) is 41.5 Å². The van der Waals surface area contributed by atoms with Crippen molar-refractivity contribution in [1.82, 2.24) is 25.2 Å². The maximum absolute atomic E-state index is 13.4. The van der Waals surface area contributed by atoms with Gasteiger partial charge in [-0.05, 0) is 61.1 Å². The summed E-state index contributed by atoms with van der Waals surface area (Å²) in [5.74, 6) is 0.0278. The first-order valence-corrected chi connectivity index (χ1v) is 28.6. The molecule has 6 aromatic rings. The Hall–Kier alpha value is -7.09. The number of carbonyl (C=O) groups is 4. The molecule has 21 nitrogen and oxygen atoms in total. The zero-order valence-electron chi connectivity index (χ0n) is 43.9. The van der Waals surface area contributed by atoms with Crippen LogP contribution in [0.15, 0.2) is 78.9 Å². The number of carbonyl (C=O) groups excluding carboxylic acids is 3. The fourth-order valence-electron chi connectivity index (χ4n) is 9.05. The number of nitrogens with zero attached hydrogens (tertiary/aromatic N) is 3. The number of esters is 1. The van der Waals surface area contributed by atoms with E-state index in [1.165, 1.54) is 45.9 Å². The van der Waals surface area contributed by atoms with Gasteiger partial charge in [-0.2, -0.15) is 0 Å². The van der Waals surface area contributed by atoms with Crippen LogP contribution in [0.5, 0.6) is 23.0 Å². The van der Waals surface area contributed by atoms with E-state index in [0.29, 0.717) is 83.1 Å². The molecule has 0 radical (unpaired) electrons. The van der Waals surface area contributed by atoms with E-state index in [2.05, 4.69) is 32.4 Å². The maximum atomic E-state index is 13.4. The highest BCUT2D eigenvalue weighted by Gasteiger charge is 2.53. The number of nitrogens with two attached hydrogens (primary N) is 1. The number of unbranched alkanes of at least 4 members (excludes halogenated alkanes) is 1. The fraction of sp³-hybridized carbons (Fsp3) is 0.400. The number of hydrogen-bond acceptors (Lipinski definition) is 19. The second-order valence-corrected chi connectivity index (χ2v) is 22.3. The lowest BCUT2D eigenvalue weighted by atomic mass is 9.77. The highest BCUT2D eigenvalue weighted by atomic mass is 33.1. The summed E-state index contributed by atoms with van der Waals surface area (Å²) in [6, 6.07) is 21.0. The fourth-order valence-corrected chi connectivity index (χ4v) is 11.2. The number of phenolic OH excluding ortho intramolecular Hbond substituents is 2. The van der Waals surface area contributed by atoms with E-state index in [1.54, 1.807) is 30.3 Å². The lowest BCUT2D eigenvalue weighted by Gasteiger charge is -2.36. The number of imidazole rings is 1. The van der Waals surface area contributed by atoms with Crippen molar-refractivity contribution in [3.8, 4) is 23.0 Å². The number of ether oxygens (including phenoxy) is 7. The molecule has 1 spiro atoms. The number of aromatic hydroxyl groups is 2. The Morgan fingerprint density at radius 3 is 2.25 bits per heavy atom. The number of amides is 1. The van der Waals surface area contributed by atoms with Crippen LogP contribution >= 0.6 is 33.8 Å². The summed E-state index contributed by atoms with van der Waals surface area (Å²) in [7, 11) is 2.54. The predicted molar refractivity (Wildman–Crippen MR) is 303 cm³/mol. The molecule has 0 aliphatic carbocycles. The van der Waals surface area contributed by atoms with Crippen molar-refractivity contribution in [2.45, 2.75) is 64.6 Å². The number of rotatable bonds is 28. The quantitative estimate of drug-likeness (QED) is 0.0106. The Balaban J connectivity index is 0.645. The Morgan fingerprint density at radius 1 is 0.861 bits per heavy atom. The average molecular weight is 1140 g/mol. The Morgan fingerprint density at radius 2 is 1.54 bits per heavy atom. The highest BCUT2D eigenvalue weighted by Crippen LogP contribution is 2.57. The van der Waals surface area contributed by atoms with Crippen LogP contribution in [-0.4, -0.2) is 136 Å². The summed E-state index contributed by atoms with van der Waals surface area (Å²) in [5, 5.41) is 40.0. The largest absolute Gasteiger partial charge is 0.508 e. The van der Waals surface area contributed by atoms with E-state index in [-0.39, 0.29) is 68.2 Å². The second kappa shape index (κ2) is 26.7. The molecule has 2 aliphatic rings. The molecule has 1 atom stereocenters. The third-order valence-corrected chi connectivity index (χ3v) is 15.4. The molecule has 0 bridgehead atoms. The molecular formula is C55H63N7O14S3. The van der Waals surface area contributed by atoms with Crippen LogP contribution in [0.3, 0.4) is 0 Å². The van der Waals surface area contributed by atoms with Gasteiger partial charge in [-0.3, -0.25) is 4.79 Å². The third-order valence-electron chi connectivity index (χ3n) is 12.7. The number of para-hydroxylation sites is 1. The molecule has 420 valence electrons. The summed E-state index contributed by atoms with van der Waals surface area (Å²) in [4.78, 5) is 59.8. The lowest BCUT2D eigenvalue weighted by Crippen LogP contribution is -2.42. The van der Waals surface area contributed by atoms with Gasteiger partial charge in [0.15, 0.2) is 16.5 Å². The number of hydrogen-bond donors (Lipinski definition) is 7. The summed E-state index contributed by atoms with van der Waals surface area (Å²) in [5.41, 5.74) is 9.32. The number of nitrogen functional groups attached to an aromatic ring is 1. The van der Waals surface area contributed by atoms with E-state index in [9.17, 15) is 34.5 Å². The standard InChI is InChI=1S/C55H63N7O14S3/c1-4-5-10-45-61-47-48(36-8-6-7-9-41(36)60-49(47)56)62(45)31-54(2,3)32-74-53(69)73-25-26-78-79-30-42(50(66)67)59-46(65)17-19-70-21-23-72-24-22-71-20-18-57-52(77)58-33-11-14-38-37(27-33)51(68)76-55(38)39-15-12-34(63)28-43(39)75-44-29-35(64)13-16-40(44)55/h6-9,11-16,27-29,42,63-64H,4-5,10,17-26,30-32H2,1-3H3,(H2,56,60)(H,59,65)(H,66,67)(H2,57,58,77)/t42-/m0/s1. The van der Waals surface area contributed by atoms with Gasteiger partial charge in [0.1, 0.15) is 53.6 Å². The zero-order chi connectivity index (χ0) is 56.1. The van der Waals surface area contributed by atoms with Crippen molar-refractivity contribution in [2.75, 3.05) is 82.0 Å². The molecular weight excluding hydrogens is 1080 g/mol. The first-order valence-electron chi connectivity index (χ1n) is 25.7. The number of aromatic nitrogens is 3. The van der Waals surface area contributed by atoms with Crippen LogP contribution < -0.4 is 26.4 Å². The lowest BCUT2D eigenvalue weighted by molar-refractivity contribution is -0.141. The molecule has 0 saturated carbocycles. The number of carboxylic acids is 1. The van der Waals surface area contributed by atoms with Crippen molar-refractivity contribution >= 4 is 96.4 Å². The SMILES string of the molecule is CCCCc1nc2c(N)nc3ccccc3c2n1CC(C)(C)COC(=O)OCCSSC[C@H](NC(=O)CCOCCOCCOCCNC(=S)Nc1ccc2c(c1)C(=O)OC21c2ccc(O)cc2Oc2cc(O)ccc21)C(=O)O. The molecule has 0 saturated heterocycles. The van der Waals surface area contributed by atoms with Gasteiger partial charge < -0.3 is 74.7 Å². The van der Waals surface area contributed by atoms with Gasteiger partial charge in [-0.15, -0.1) is 0 Å². The van der Waals surface area contributed by atoms with Gasteiger partial charge in [-0.25, -0.2) is 24.4 Å². The first kappa shape index (κ1) is 58.1. The molecule has 4 aromatic carbocycles. The van der Waals surface area contributed by atoms with Crippen molar-refractivity contribution in [3.05, 3.63) is 107 Å². The number of aliphatic carboxylic acids is 1. The van der Waals surface area contributed by atoms with Crippen molar-refractivity contribution in [1.29, 1.82) is 0 Å². The summed E-state index contributed by atoms with van der Waals surface area (Å²) < 4.78 is 41.8. The summed E-state index contributed by atoms with van der Waals surface area (Å²) in [6.45, 7) is 8.64. The summed E-state index contributed by atoms with van der Waals surface area (Å²) in [6.07, 6.45) is 1.88. The molecule has 8 rings (SSSR count). The minimum Gasteiger partial charge on any atom is -0.508 e. The van der Waals surface area contributed by atoms with Gasteiger partial charge >= 0.3 is 18.1 Å². The topological polar surface area (TPSA) is 286 Å². The van der Waals surface area contributed by atoms with E-state index < -0.39 is 41.1 Å². The smallest absolute Gasteiger partial charge is 0.508 e. The second-order valence-electron chi connectivity index (χ2n) is 19.3. The van der Waals surface area contributed by atoms with Gasteiger partial charge in [0.2, 0.25) is 5.91 Å². The Bertz CT molecular complexity index is 3140. The molecule has 1 amide bonds. The van der Waals surface area contributed by atoms with Crippen LogP contribution in [0, 0.1) is 5.41 Å². The van der Waals surface area contributed by atoms with Crippen LogP contribution in [0.1, 0.15) is 72.9 Å². The zero-order valence-corrected chi connectivity index (χ0v) is 46.3. The number of aryl methyl sites for hydroxylation is 1. The summed E-state index contributed by atoms with van der Waals surface area (Å²) >= 11 is 5.47. The predicted octanol–water partition coefficient (Wildman–Crippen LogP) is 8.05. The number of pyridine rings is 1. The van der Waals surface area contributed by atoms with Gasteiger partial charge in [0.25, 0.3) is 0 Å². The first-order chi connectivity index (χ1) is 38.1. The monoisotopic (exact) mass is 1140 g/mol. The number of phenols is 2.